The number of carbonyl (C=O) groups is 1. The Hall–Kier alpha value is -1.64. The standard InChI is InChI=1S/C14H19NO2/c1-3-9-17-14(16)10-12(2)15-11-13-7-5-4-6-8-13/h4-8H,3,9-11H2,1-2H3. The molecule has 0 heterocycles. The molecule has 0 amide bonds. The molecule has 0 bridgehead atoms. The van der Waals surface area contributed by atoms with Crippen molar-refractivity contribution >= 4 is 11.7 Å². The van der Waals surface area contributed by atoms with E-state index in [1.54, 1.807) is 0 Å². The number of esters is 1. The zero-order valence-corrected chi connectivity index (χ0v) is 10.5. The van der Waals surface area contributed by atoms with Crippen LogP contribution in [0.3, 0.4) is 0 Å². The Morgan fingerprint density at radius 3 is 2.65 bits per heavy atom. The van der Waals surface area contributed by atoms with Crippen molar-refractivity contribution in [1.29, 1.82) is 0 Å². The maximum atomic E-state index is 11.3. The Kier molecular flexibility index (Phi) is 6.00. The quantitative estimate of drug-likeness (QED) is 0.559. The molecule has 1 aromatic rings. The summed E-state index contributed by atoms with van der Waals surface area (Å²) in [5.74, 6) is -0.193. The molecule has 0 unspecified atom stereocenters. The molecular formula is C14H19NO2. The molecule has 0 aliphatic heterocycles. The van der Waals surface area contributed by atoms with Gasteiger partial charge in [-0.3, -0.25) is 9.79 Å². The topological polar surface area (TPSA) is 38.7 Å². The van der Waals surface area contributed by atoms with E-state index in [0.717, 1.165) is 17.7 Å². The van der Waals surface area contributed by atoms with E-state index in [1.807, 2.05) is 44.2 Å². The van der Waals surface area contributed by atoms with E-state index in [1.165, 1.54) is 0 Å². The van der Waals surface area contributed by atoms with Crippen molar-refractivity contribution in [1.82, 2.24) is 0 Å². The molecule has 0 N–H and O–H groups in total. The van der Waals surface area contributed by atoms with Gasteiger partial charge < -0.3 is 4.74 Å². The molecular weight excluding hydrogens is 214 g/mol. The molecule has 0 aromatic heterocycles. The third kappa shape index (κ3) is 5.85. The number of nitrogens with zero attached hydrogens (tertiary/aromatic N) is 1. The van der Waals surface area contributed by atoms with Crippen LogP contribution in [0.4, 0.5) is 0 Å². The lowest BCUT2D eigenvalue weighted by atomic mass is 10.2. The minimum absolute atomic E-state index is 0.193. The molecule has 0 aliphatic rings. The smallest absolute Gasteiger partial charge is 0.311 e. The molecule has 3 heteroatoms. The molecule has 0 aliphatic carbocycles. The highest BCUT2D eigenvalue weighted by Gasteiger charge is 2.03. The maximum absolute atomic E-state index is 11.3. The number of carbonyl (C=O) groups excluding carboxylic acids is 1. The molecule has 3 nitrogen and oxygen atoms in total. The van der Waals surface area contributed by atoms with E-state index in [9.17, 15) is 4.79 Å². The van der Waals surface area contributed by atoms with Crippen LogP contribution in [0.25, 0.3) is 0 Å². The lowest BCUT2D eigenvalue weighted by Gasteiger charge is -2.03. The number of hydrogen-bond donors (Lipinski definition) is 0. The average molecular weight is 233 g/mol. The van der Waals surface area contributed by atoms with Gasteiger partial charge >= 0.3 is 5.97 Å². The van der Waals surface area contributed by atoms with Gasteiger partial charge in [-0.2, -0.15) is 0 Å². The summed E-state index contributed by atoms with van der Waals surface area (Å²) in [6.07, 6.45) is 1.14. The van der Waals surface area contributed by atoms with Crippen LogP contribution in [0.15, 0.2) is 35.3 Å². The second-order valence-corrected chi connectivity index (χ2v) is 3.93. The highest BCUT2D eigenvalue weighted by atomic mass is 16.5. The Morgan fingerprint density at radius 2 is 2.00 bits per heavy atom. The van der Waals surface area contributed by atoms with E-state index in [4.69, 9.17) is 4.74 Å². The van der Waals surface area contributed by atoms with Crippen molar-refractivity contribution in [2.24, 2.45) is 4.99 Å². The fraction of sp³-hybridized carbons (Fsp3) is 0.429. The Bertz CT molecular complexity index is 371. The molecule has 1 rings (SSSR count). The van der Waals surface area contributed by atoms with E-state index >= 15 is 0 Å². The van der Waals surface area contributed by atoms with Gasteiger partial charge in [0.2, 0.25) is 0 Å². The predicted octanol–water partition coefficient (Wildman–Crippen LogP) is 2.99. The minimum Gasteiger partial charge on any atom is -0.465 e. The van der Waals surface area contributed by atoms with E-state index in [2.05, 4.69) is 4.99 Å². The first-order chi connectivity index (χ1) is 8.22. The normalized spacial score (nSPS) is 11.3. The van der Waals surface area contributed by atoms with Crippen LogP contribution in [-0.4, -0.2) is 18.3 Å². The summed E-state index contributed by atoms with van der Waals surface area (Å²) in [6.45, 7) is 4.94. The molecule has 0 fully saturated rings. The summed E-state index contributed by atoms with van der Waals surface area (Å²) in [5.41, 5.74) is 1.96. The molecule has 1 aromatic carbocycles. The summed E-state index contributed by atoms with van der Waals surface area (Å²) >= 11 is 0. The van der Waals surface area contributed by atoms with Crippen LogP contribution in [0.1, 0.15) is 32.3 Å². The number of rotatable bonds is 6. The third-order valence-electron chi connectivity index (χ3n) is 2.24. The van der Waals surface area contributed by atoms with Crippen LogP contribution in [-0.2, 0) is 16.1 Å². The number of benzene rings is 1. The molecule has 0 atom stereocenters. The SMILES string of the molecule is CCCOC(=O)CC(C)=NCc1ccccc1. The van der Waals surface area contributed by atoms with Gasteiger partial charge in [0.25, 0.3) is 0 Å². The summed E-state index contributed by atoms with van der Waals surface area (Å²) < 4.78 is 4.99. The first-order valence-corrected chi connectivity index (χ1v) is 5.92. The van der Waals surface area contributed by atoms with E-state index < -0.39 is 0 Å². The van der Waals surface area contributed by atoms with Crippen LogP contribution < -0.4 is 0 Å². The Labute approximate surface area is 103 Å². The van der Waals surface area contributed by atoms with E-state index in [0.29, 0.717) is 13.2 Å². The maximum Gasteiger partial charge on any atom is 0.311 e. The number of aliphatic imine (C=N–C) groups is 1. The van der Waals surface area contributed by atoms with Crippen molar-refractivity contribution in [3.05, 3.63) is 35.9 Å². The Balaban J connectivity index is 2.37. The summed E-state index contributed by atoms with van der Waals surface area (Å²) in [7, 11) is 0. The second-order valence-electron chi connectivity index (χ2n) is 3.93. The fourth-order valence-electron chi connectivity index (χ4n) is 1.34. The predicted molar refractivity (Wildman–Crippen MR) is 69.1 cm³/mol. The Morgan fingerprint density at radius 1 is 1.29 bits per heavy atom. The van der Waals surface area contributed by atoms with Crippen LogP contribution >= 0.6 is 0 Å². The van der Waals surface area contributed by atoms with Gasteiger partial charge in [0, 0.05) is 5.71 Å². The zero-order valence-electron chi connectivity index (χ0n) is 10.5. The van der Waals surface area contributed by atoms with Crippen LogP contribution in [0.5, 0.6) is 0 Å². The summed E-state index contributed by atoms with van der Waals surface area (Å²) in [4.78, 5) is 15.7. The fourth-order valence-corrected chi connectivity index (χ4v) is 1.34. The van der Waals surface area contributed by atoms with Gasteiger partial charge in [0.1, 0.15) is 0 Å². The molecule has 0 saturated carbocycles. The highest BCUT2D eigenvalue weighted by Crippen LogP contribution is 2.01. The molecule has 0 spiro atoms. The first-order valence-electron chi connectivity index (χ1n) is 5.92. The van der Waals surface area contributed by atoms with Gasteiger partial charge in [0.05, 0.1) is 19.6 Å². The van der Waals surface area contributed by atoms with Gasteiger partial charge in [0.15, 0.2) is 0 Å². The first kappa shape index (κ1) is 13.4. The molecule has 0 radical (unpaired) electrons. The third-order valence-corrected chi connectivity index (χ3v) is 2.24. The van der Waals surface area contributed by atoms with E-state index in [-0.39, 0.29) is 12.4 Å². The largest absolute Gasteiger partial charge is 0.465 e. The molecule has 17 heavy (non-hydrogen) atoms. The van der Waals surface area contributed by atoms with Crippen LogP contribution in [0.2, 0.25) is 0 Å². The molecule has 92 valence electrons. The average Bonchev–Trinajstić information content (AvgIpc) is 2.35. The van der Waals surface area contributed by atoms with Crippen molar-refractivity contribution < 1.29 is 9.53 Å². The van der Waals surface area contributed by atoms with Gasteiger partial charge in [-0.05, 0) is 18.9 Å². The number of ether oxygens (including phenoxy) is 1. The van der Waals surface area contributed by atoms with Crippen molar-refractivity contribution in [2.45, 2.75) is 33.2 Å². The van der Waals surface area contributed by atoms with Gasteiger partial charge in [-0.25, -0.2) is 0 Å². The van der Waals surface area contributed by atoms with Crippen molar-refractivity contribution in [2.75, 3.05) is 6.61 Å². The highest BCUT2D eigenvalue weighted by molar-refractivity contribution is 5.97. The summed E-state index contributed by atoms with van der Waals surface area (Å²) in [5, 5.41) is 0. The second kappa shape index (κ2) is 7.60. The van der Waals surface area contributed by atoms with Crippen molar-refractivity contribution in [3.8, 4) is 0 Å². The lowest BCUT2D eigenvalue weighted by Crippen LogP contribution is -2.09. The molecule has 0 saturated heterocycles. The van der Waals surface area contributed by atoms with Gasteiger partial charge in [-0.1, -0.05) is 37.3 Å². The minimum atomic E-state index is -0.193. The summed E-state index contributed by atoms with van der Waals surface area (Å²) in [6, 6.07) is 9.98. The lowest BCUT2D eigenvalue weighted by molar-refractivity contribution is -0.142. The van der Waals surface area contributed by atoms with Crippen LogP contribution in [0, 0.1) is 0 Å². The monoisotopic (exact) mass is 233 g/mol. The zero-order chi connectivity index (χ0) is 12.5. The number of hydrogen-bond acceptors (Lipinski definition) is 3. The van der Waals surface area contributed by atoms with Gasteiger partial charge in [-0.15, -0.1) is 0 Å². The van der Waals surface area contributed by atoms with Crippen molar-refractivity contribution in [3.63, 3.8) is 0 Å².